The monoisotopic (exact) mass is 370 g/mol. The van der Waals surface area contributed by atoms with Crippen LogP contribution in [0.4, 0.5) is 0 Å². The van der Waals surface area contributed by atoms with Crippen LogP contribution in [0.3, 0.4) is 0 Å². The molecule has 0 saturated carbocycles. The van der Waals surface area contributed by atoms with Crippen molar-refractivity contribution in [2.24, 2.45) is 5.73 Å². The van der Waals surface area contributed by atoms with Gasteiger partial charge in [0, 0.05) is 11.0 Å². The van der Waals surface area contributed by atoms with Gasteiger partial charge in [0.05, 0.1) is 16.6 Å². The van der Waals surface area contributed by atoms with E-state index in [0.717, 1.165) is 24.1 Å². The van der Waals surface area contributed by atoms with E-state index in [0.29, 0.717) is 22.3 Å². The summed E-state index contributed by atoms with van der Waals surface area (Å²) in [4.78, 5) is 6.72. The number of hydrogen-bond acceptors (Lipinski definition) is 5. The van der Waals surface area contributed by atoms with Crippen LogP contribution in [0.25, 0.3) is 11.5 Å². The van der Waals surface area contributed by atoms with Crippen LogP contribution in [-0.4, -0.2) is 34.7 Å². The number of halogens is 2. The zero-order chi connectivity index (χ0) is 14.8. The van der Waals surface area contributed by atoms with Crippen molar-refractivity contribution in [1.29, 1.82) is 0 Å². The Labute approximate surface area is 136 Å². The summed E-state index contributed by atoms with van der Waals surface area (Å²) >= 11 is 9.62. The third-order valence-corrected chi connectivity index (χ3v) is 4.91. The largest absolute Gasteiger partial charge is 0.334 e. The molecule has 1 fully saturated rings. The molecule has 0 spiro atoms. The molecule has 1 aliphatic heterocycles. The van der Waals surface area contributed by atoms with Crippen LogP contribution in [0, 0.1) is 0 Å². The van der Waals surface area contributed by atoms with Crippen molar-refractivity contribution < 1.29 is 4.52 Å². The van der Waals surface area contributed by atoms with Gasteiger partial charge in [-0.3, -0.25) is 0 Å². The lowest BCUT2D eigenvalue weighted by atomic mass is 10.2. The minimum absolute atomic E-state index is 0.244. The van der Waals surface area contributed by atoms with E-state index in [1.165, 1.54) is 12.8 Å². The lowest BCUT2D eigenvalue weighted by Crippen LogP contribution is -2.30. The molecule has 2 aromatic rings. The molecule has 1 aliphatic rings. The SMILES string of the molecule is NC(CN1CCCC1)c1noc(-c2cccc(Br)c2Cl)n1. The van der Waals surface area contributed by atoms with E-state index in [1.54, 1.807) is 0 Å². The second-order valence-electron chi connectivity index (χ2n) is 5.17. The molecule has 21 heavy (non-hydrogen) atoms. The van der Waals surface area contributed by atoms with E-state index < -0.39 is 0 Å². The predicted octanol–water partition coefficient (Wildman–Crippen LogP) is 3.25. The quantitative estimate of drug-likeness (QED) is 0.893. The van der Waals surface area contributed by atoms with Gasteiger partial charge in [-0.2, -0.15) is 4.98 Å². The topological polar surface area (TPSA) is 68.2 Å². The van der Waals surface area contributed by atoms with Crippen LogP contribution >= 0.6 is 27.5 Å². The standard InChI is InChI=1S/C14H16BrClN4O/c15-10-5-3-4-9(12(10)16)14-18-13(19-21-14)11(17)8-20-6-1-2-7-20/h3-5,11H,1-2,6-8,17H2. The number of rotatable bonds is 4. The zero-order valence-corrected chi connectivity index (χ0v) is 13.8. The Hall–Kier alpha value is -0.950. The van der Waals surface area contributed by atoms with Gasteiger partial charge in [0.25, 0.3) is 5.89 Å². The fourth-order valence-corrected chi connectivity index (χ4v) is 3.06. The first kappa shape index (κ1) is 15.0. The number of nitrogens with zero attached hydrogens (tertiary/aromatic N) is 3. The molecule has 1 atom stereocenters. The van der Waals surface area contributed by atoms with Crippen molar-refractivity contribution in [2.75, 3.05) is 19.6 Å². The fraction of sp³-hybridized carbons (Fsp3) is 0.429. The highest BCUT2D eigenvalue weighted by molar-refractivity contribution is 9.10. The summed E-state index contributed by atoms with van der Waals surface area (Å²) < 4.78 is 6.10. The van der Waals surface area contributed by atoms with Crippen LogP contribution < -0.4 is 5.73 Å². The maximum atomic E-state index is 6.24. The maximum absolute atomic E-state index is 6.24. The average molecular weight is 372 g/mol. The highest BCUT2D eigenvalue weighted by Crippen LogP contribution is 2.33. The fourth-order valence-electron chi connectivity index (χ4n) is 2.49. The molecular formula is C14H16BrClN4O. The van der Waals surface area contributed by atoms with E-state index in [1.807, 2.05) is 18.2 Å². The first-order valence-corrected chi connectivity index (χ1v) is 8.08. The molecule has 0 radical (unpaired) electrons. The summed E-state index contributed by atoms with van der Waals surface area (Å²) in [5, 5.41) is 4.55. The molecule has 112 valence electrons. The minimum atomic E-state index is -0.244. The number of benzene rings is 1. The van der Waals surface area contributed by atoms with Crippen molar-refractivity contribution in [3.63, 3.8) is 0 Å². The van der Waals surface area contributed by atoms with E-state index in [4.69, 9.17) is 21.9 Å². The van der Waals surface area contributed by atoms with Crippen LogP contribution in [0.2, 0.25) is 5.02 Å². The molecule has 1 aromatic heterocycles. The average Bonchev–Trinajstić information content (AvgIpc) is 3.12. The smallest absolute Gasteiger partial charge is 0.259 e. The molecule has 1 unspecified atom stereocenters. The van der Waals surface area contributed by atoms with E-state index in [9.17, 15) is 0 Å². The molecule has 1 aromatic carbocycles. The van der Waals surface area contributed by atoms with Crippen LogP contribution in [0.5, 0.6) is 0 Å². The zero-order valence-electron chi connectivity index (χ0n) is 11.4. The van der Waals surface area contributed by atoms with Gasteiger partial charge in [-0.25, -0.2) is 0 Å². The molecule has 5 nitrogen and oxygen atoms in total. The first-order valence-electron chi connectivity index (χ1n) is 6.91. The molecule has 1 saturated heterocycles. The highest BCUT2D eigenvalue weighted by atomic mass is 79.9. The van der Waals surface area contributed by atoms with Crippen LogP contribution in [0.1, 0.15) is 24.7 Å². The summed E-state index contributed by atoms with van der Waals surface area (Å²) in [6, 6.07) is 5.34. The number of aromatic nitrogens is 2. The number of likely N-dealkylation sites (tertiary alicyclic amines) is 1. The molecule has 3 rings (SSSR count). The van der Waals surface area contributed by atoms with Gasteiger partial charge in [0.1, 0.15) is 0 Å². The van der Waals surface area contributed by atoms with Crippen LogP contribution in [0.15, 0.2) is 27.2 Å². The van der Waals surface area contributed by atoms with Crippen molar-refractivity contribution >= 4 is 27.5 Å². The first-order chi connectivity index (χ1) is 10.1. The number of nitrogens with two attached hydrogens (primary N) is 1. The summed E-state index contributed by atoms with van der Waals surface area (Å²) in [5.74, 6) is 0.918. The van der Waals surface area contributed by atoms with Gasteiger partial charge < -0.3 is 15.2 Å². The summed E-state index contributed by atoms with van der Waals surface area (Å²) in [5.41, 5.74) is 6.87. The number of hydrogen-bond donors (Lipinski definition) is 1. The van der Waals surface area contributed by atoms with Crippen molar-refractivity contribution in [1.82, 2.24) is 15.0 Å². The van der Waals surface area contributed by atoms with Gasteiger partial charge in [0.15, 0.2) is 5.82 Å². The maximum Gasteiger partial charge on any atom is 0.259 e. The lowest BCUT2D eigenvalue weighted by Gasteiger charge is -2.17. The second-order valence-corrected chi connectivity index (χ2v) is 6.41. The van der Waals surface area contributed by atoms with Crippen molar-refractivity contribution in [3.8, 4) is 11.5 Å². The minimum Gasteiger partial charge on any atom is -0.334 e. The Kier molecular flexibility index (Phi) is 4.59. The molecular weight excluding hydrogens is 356 g/mol. The van der Waals surface area contributed by atoms with Crippen molar-refractivity contribution in [3.05, 3.63) is 33.5 Å². The Balaban J connectivity index is 1.77. The normalized spacial score (nSPS) is 17.3. The van der Waals surface area contributed by atoms with Gasteiger partial charge in [-0.05, 0) is 54.0 Å². The summed E-state index contributed by atoms with van der Waals surface area (Å²) in [6.07, 6.45) is 2.47. The molecule has 0 aliphatic carbocycles. The Morgan fingerprint density at radius 3 is 2.90 bits per heavy atom. The highest BCUT2D eigenvalue weighted by Gasteiger charge is 2.21. The third-order valence-electron chi connectivity index (χ3n) is 3.61. The molecule has 0 amide bonds. The third kappa shape index (κ3) is 3.29. The Morgan fingerprint density at radius 1 is 1.38 bits per heavy atom. The molecule has 2 heterocycles. The van der Waals surface area contributed by atoms with Gasteiger partial charge in [0.2, 0.25) is 0 Å². The predicted molar refractivity (Wildman–Crippen MR) is 85.0 cm³/mol. The van der Waals surface area contributed by atoms with Gasteiger partial charge in [-0.15, -0.1) is 0 Å². The summed E-state index contributed by atoms with van der Waals surface area (Å²) in [6.45, 7) is 2.94. The van der Waals surface area contributed by atoms with E-state index in [-0.39, 0.29) is 6.04 Å². The summed E-state index contributed by atoms with van der Waals surface area (Å²) in [7, 11) is 0. The Bertz CT molecular complexity index is 627. The molecule has 7 heteroatoms. The van der Waals surface area contributed by atoms with Crippen molar-refractivity contribution in [2.45, 2.75) is 18.9 Å². The second kappa shape index (κ2) is 6.44. The van der Waals surface area contributed by atoms with E-state index >= 15 is 0 Å². The van der Waals surface area contributed by atoms with Gasteiger partial charge >= 0.3 is 0 Å². The Morgan fingerprint density at radius 2 is 2.14 bits per heavy atom. The molecule has 0 bridgehead atoms. The molecule has 2 N–H and O–H groups in total. The van der Waals surface area contributed by atoms with Gasteiger partial charge in [-0.1, -0.05) is 22.8 Å². The lowest BCUT2D eigenvalue weighted by molar-refractivity contribution is 0.306. The van der Waals surface area contributed by atoms with E-state index in [2.05, 4.69) is 31.0 Å². The van der Waals surface area contributed by atoms with Crippen LogP contribution in [-0.2, 0) is 0 Å².